The van der Waals surface area contributed by atoms with Crippen molar-refractivity contribution in [2.75, 3.05) is 20.3 Å². The first-order valence-corrected chi connectivity index (χ1v) is 5.29. The van der Waals surface area contributed by atoms with Gasteiger partial charge >= 0.3 is 0 Å². The smallest absolute Gasteiger partial charge is 0.208 e. The van der Waals surface area contributed by atoms with Gasteiger partial charge in [-0.25, -0.2) is 0 Å². The highest BCUT2D eigenvalue weighted by atomic mass is 15.3. The number of nitrogens with zero attached hydrogens (tertiary/aromatic N) is 6. The molecule has 90 valence electrons. The van der Waals surface area contributed by atoms with Gasteiger partial charge in [-0.2, -0.15) is 15.8 Å². The maximum Gasteiger partial charge on any atom is 0.208 e. The minimum absolute atomic E-state index is 0.292. The molecule has 0 saturated carbocycles. The Morgan fingerprint density at radius 1 is 1.18 bits per heavy atom. The van der Waals surface area contributed by atoms with Crippen LogP contribution in [-0.2, 0) is 0 Å². The Balaban J connectivity index is 0.000000325. The van der Waals surface area contributed by atoms with E-state index in [1.807, 2.05) is 0 Å². The molecule has 6 nitrogen and oxygen atoms in total. The SMILES string of the molecule is CCCCN1C=CN(C)C1.N#CN(C#N)C#N. The van der Waals surface area contributed by atoms with Gasteiger partial charge in [0.1, 0.15) is 0 Å². The third-order valence-corrected chi connectivity index (χ3v) is 2.04. The summed E-state index contributed by atoms with van der Waals surface area (Å²) >= 11 is 0. The fraction of sp³-hybridized carbons (Fsp3) is 0.545. The maximum atomic E-state index is 7.76. The largest absolute Gasteiger partial charge is 0.362 e. The lowest BCUT2D eigenvalue weighted by Crippen LogP contribution is -2.23. The van der Waals surface area contributed by atoms with Crippen LogP contribution in [0.15, 0.2) is 12.4 Å². The Kier molecular flexibility index (Phi) is 7.63. The molecule has 0 aliphatic carbocycles. The molecule has 0 aromatic rings. The summed E-state index contributed by atoms with van der Waals surface area (Å²) in [6.45, 7) is 4.50. The van der Waals surface area contributed by atoms with Crippen molar-refractivity contribution in [3.8, 4) is 18.6 Å². The summed E-state index contributed by atoms with van der Waals surface area (Å²) in [6, 6.07) is 0. The first-order chi connectivity index (χ1) is 8.17. The summed E-state index contributed by atoms with van der Waals surface area (Å²) in [5.41, 5.74) is 0. The molecule has 1 aliphatic rings. The van der Waals surface area contributed by atoms with E-state index in [4.69, 9.17) is 15.8 Å². The molecular weight excluding hydrogens is 216 g/mol. The van der Waals surface area contributed by atoms with Crippen molar-refractivity contribution < 1.29 is 0 Å². The van der Waals surface area contributed by atoms with Gasteiger partial charge in [0.05, 0.1) is 6.67 Å². The molecule has 0 spiro atoms. The maximum absolute atomic E-state index is 7.76. The molecule has 1 aliphatic heterocycles. The molecule has 1 rings (SSSR count). The van der Waals surface area contributed by atoms with Crippen LogP contribution in [0.3, 0.4) is 0 Å². The topological polar surface area (TPSA) is 81.1 Å². The van der Waals surface area contributed by atoms with Crippen molar-refractivity contribution >= 4 is 0 Å². The predicted octanol–water partition coefficient (Wildman–Crippen LogP) is 1.19. The first kappa shape index (κ1) is 14.6. The van der Waals surface area contributed by atoms with Gasteiger partial charge in [-0.3, -0.25) is 0 Å². The van der Waals surface area contributed by atoms with Gasteiger partial charge in [0, 0.05) is 26.0 Å². The molecule has 0 N–H and O–H groups in total. The van der Waals surface area contributed by atoms with E-state index in [9.17, 15) is 0 Å². The molecular formula is C11H16N6. The molecule has 0 atom stereocenters. The van der Waals surface area contributed by atoms with Crippen LogP contribution in [0.2, 0.25) is 0 Å². The second-order valence-corrected chi connectivity index (χ2v) is 3.50. The minimum atomic E-state index is 0.292. The number of rotatable bonds is 3. The quantitative estimate of drug-likeness (QED) is 0.537. The van der Waals surface area contributed by atoms with Gasteiger partial charge in [-0.15, -0.1) is 4.90 Å². The molecule has 0 radical (unpaired) electrons. The normalized spacial score (nSPS) is 11.9. The zero-order valence-electron chi connectivity index (χ0n) is 10.2. The van der Waals surface area contributed by atoms with Crippen LogP contribution in [0.25, 0.3) is 0 Å². The van der Waals surface area contributed by atoms with Crippen molar-refractivity contribution in [1.82, 2.24) is 14.7 Å². The Labute approximate surface area is 102 Å². The van der Waals surface area contributed by atoms with E-state index in [1.165, 1.54) is 38.0 Å². The lowest BCUT2D eigenvalue weighted by molar-refractivity contribution is 0.293. The van der Waals surface area contributed by atoms with Gasteiger partial charge in [-0.05, 0) is 6.42 Å². The van der Waals surface area contributed by atoms with Crippen LogP contribution in [0.4, 0.5) is 0 Å². The van der Waals surface area contributed by atoms with Crippen LogP contribution >= 0.6 is 0 Å². The van der Waals surface area contributed by atoms with Crippen molar-refractivity contribution in [3.63, 3.8) is 0 Å². The molecule has 0 aromatic carbocycles. The molecule has 0 saturated heterocycles. The Bertz CT molecular complexity index is 322. The van der Waals surface area contributed by atoms with Crippen molar-refractivity contribution in [1.29, 1.82) is 15.8 Å². The molecule has 0 fully saturated rings. The molecule has 0 unspecified atom stereocenters. The molecule has 0 bridgehead atoms. The summed E-state index contributed by atoms with van der Waals surface area (Å²) in [5, 5.41) is 23.3. The third kappa shape index (κ3) is 6.65. The highest BCUT2D eigenvalue weighted by Gasteiger charge is 2.05. The number of nitriles is 3. The van der Waals surface area contributed by atoms with Crippen LogP contribution in [-0.4, -0.2) is 35.0 Å². The zero-order chi connectivity index (χ0) is 13.1. The van der Waals surface area contributed by atoms with Gasteiger partial charge in [-0.1, -0.05) is 13.3 Å². The Morgan fingerprint density at radius 2 is 1.76 bits per heavy atom. The zero-order valence-corrected chi connectivity index (χ0v) is 10.2. The van der Waals surface area contributed by atoms with Crippen LogP contribution in [0.1, 0.15) is 19.8 Å². The highest BCUT2D eigenvalue weighted by Crippen LogP contribution is 2.04. The summed E-state index contributed by atoms with van der Waals surface area (Å²) in [6.07, 6.45) is 10.8. The van der Waals surface area contributed by atoms with E-state index < -0.39 is 0 Å². The van der Waals surface area contributed by atoms with Gasteiger partial charge < -0.3 is 9.80 Å². The highest BCUT2D eigenvalue weighted by molar-refractivity contribution is 4.96. The van der Waals surface area contributed by atoms with E-state index in [0.29, 0.717) is 4.90 Å². The Morgan fingerprint density at radius 3 is 2.06 bits per heavy atom. The molecule has 0 aromatic heterocycles. The summed E-state index contributed by atoms with van der Waals surface area (Å²) < 4.78 is 0. The lowest BCUT2D eigenvalue weighted by atomic mass is 10.3. The molecule has 6 heteroatoms. The number of hydrogen-bond acceptors (Lipinski definition) is 6. The van der Waals surface area contributed by atoms with Crippen molar-refractivity contribution in [2.24, 2.45) is 0 Å². The van der Waals surface area contributed by atoms with E-state index in [1.54, 1.807) is 0 Å². The predicted molar refractivity (Wildman–Crippen MR) is 62.1 cm³/mol. The summed E-state index contributed by atoms with van der Waals surface area (Å²) in [5.74, 6) is 0. The van der Waals surface area contributed by atoms with Gasteiger partial charge in [0.25, 0.3) is 0 Å². The monoisotopic (exact) mass is 232 g/mol. The average molecular weight is 232 g/mol. The molecule has 17 heavy (non-hydrogen) atoms. The first-order valence-electron chi connectivity index (χ1n) is 5.29. The van der Waals surface area contributed by atoms with Gasteiger partial charge in [0.2, 0.25) is 18.6 Å². The fourth-order valence-electron chi connectivity index (χ4n) is 1.16. The minimum Gasteiger partial charge on any atom is -0.362 e. The second kappa shape index (κ2) is 8.88. The average Bonchev–Trinajstić information content (AvgIpc) is 2.76. The molecule has 1 heterocycles. The number of hydrogen-bond donors (Lipinski definition) is 0. The fourth-order valence-corrected chi connectivity index (χ4v) is 1.16. The second-order valence-electron chi connectivity index (χ2n) is 3.50. The molecule has 0 amide bonds. The van der Waals surface area contributed by atoms with Crippen LogP contribution < -0.4 is 0 Å². The van der Waals surface area contributed by atoms with E-state index in [-0.39, 0.29) is 0 Å². The third-order valence-electron chi connectivity index (χ3n) is 2.04. The van der Waals surface area contributed by atoms with E-state index >= 15 is 0 Å². The number of unbranched alkanes of at least 4 members (excludes halogenated alkanes) is 1. The standard InChI is InChI=1S/C8H16N2.C3N4/c1-3-4-5-10-7-6-9(2)8-10;4-1-7(2-5)3-6/h6-7H,3-5,8H2,1-2H3;. The Hall–Kier alpha value is -2.39. The van der Waals surface area contributed by atoms with Gasteiger partial charge in [0.15, 0.2) is 0 Å². The van der Waals surface area contributed by atoms with Crippen molar-refractivity contribution in [2.45, 2.75) is 19.8 Å². The summed E-state index contributed by atoms with van der Waals surface area (Å²) in [4.78, 5) is 4.82. The van der Waals surface area contributed by atoms with E-state index in [0.717, 1.165) is 6.67 Å². The summed E-state index contributed by atoms with van der Waals surface area (Å²) in [7, 11) is 2.10. The lowest BCUT2D eigenvalue weighted by Gasteiger charge is -2.17. The van der Waals surface area contributed by atoms with Crippen LogP contribution in [0, 0.1) is 34.4 Å². The van der Waals surface area contributed by atoms with E-state index in [2.05, 4.69) is 36.2 Å². The van der Waals surface area contributed by atoms with Crippen LogP contribution in [0.5, 0.6) is 0 Å². The van der Waals surface area contributed by atoms with Crippen molar-refractivity contribution in [3.05, 3.63) is 12.4 Å².